The second kappa shape index (κ2) is 8.42. The van der Waals surface area contributed by atoms with Crippen molar-refractivity contribution in [2.24, 2.45) is 17.8 Å². The molecule has 2 unspecified atom stereocenters. The summed E-state index contributed by atoms with van der Waals surface area (Å²) in [6.45, 7) is 8.92. The van der Waals surface area contributed by atoms with E-state index in [1.165, 1.54) is 43.3 Å². The maximum Gasteiger partial charge on any atom is 0.00579 e. The van der Waals surface area contributed by atoms with Crippen LogP contribution in [0, 0.1) is 29.6 Å². The van der Waals surface area contributed by atoms with Crippen molar-refractivity contribution in [3.8, 4) is 11.8 Å². The SMILES string of the molecule is CCC=C(C)C#CC1=CC(C(CC)CCC2CC2)=CCC1C. The van der Waals surface area contributed by atoms with E-state index in [1.807, 2.05) is 0 Å². The summed E-state index contributed by atoms with van der Waals surface area (Å²) in [6, 6.07) is 0. The van der Waals surface area contributed by atoms with Gasteiger partial charge in [0.15, 0.2) is 0 Å². The molecule has 22 heavy (non-hydrogen) atoms. The van der Waals surface area contributed by atoms with Crippen molar-refractivity contribution in [2.75, 3.05) is 0 Å². The van der Waals surface area contributed by atoms with Crippen molar-refractivity contribution in [3.05, 3.63) is 34.9 Å². The Kier molecular flexibility index (Phi) is 6.56. The van der Waals surface area contributed by atoms with E-state index in [-0.39, 0.29) is 0 Å². The smallest absolute Gasteiger partial charge is 0.00579 e. The maximum atomic E-state index is 3.44. The van der Waals surface area contributed by atoms with E-state index in [2.05, 4.69) is 57.8 Å². The molecule has 2 aliphatic rings. The number of allylic oxidation sites excluding steroid dienone is 6. The normalized spacial score (nSPS) is 23.3. The van der Waals surface area contributed by atoms with E-state index >= 15 is 0 Å². The summed E-state index contributed by atoms with van der Waals surface area (Å²) in [7, 11) is 0. The molecule has 0 nitrogen and oxygen atoms in total. The molecule has 1 fully saturated rings. The largest absolute Gasteiger partial charge is 0.0804 e. The molecule has 0 heteroatoms. The molecule has 0 heterocycles. The summed E-state index contributed by atoms with van der Waals surface area (Å²) in [4.78, 5) is 0. The van der Waals surface area contributed by atoms with Crippen LogP contribution in [-0.2, 0) is 0 Å². The Morgan fingerprint density at radius 1 is 1.36 bits per heavy atom. The predicted molar refractivity (Wildman–Crippen MR) is 97.5 cm³/mol. The third kappa shape index (κ3) is 5.20. The molecule has 120 valence electrons. The molecule has 0 spiro atoms. The first-order valence-corrected chi connectivity index (χ1v) is 9.24. The Morgan fingerprint density at radius 2 is 2.14 bits per heavy atom. The van der Waals surface area contributed by atoms with Crippen molar-refractivity contribution in [2.45, 2.75) is 72.6 Å². The minimum atomic E-state index is 0.576. The Labute approximate surface area is 137 Å². The molecule has 0 saturated heterocycles. The van der Waals surface area contributed by atoms with Gasteiger partial charge in [0.1, 0.15) is 0 Å². The fraction of sp³-hybridized carbons (Fsp3) is 0.636. The molecule has 0 bridgehead atoms. The van der Waals surface area contributed by atoms with Crippen LogP contribution in [0.25, 0.3) is 0 Å². The summed E-state index contributed by atoms with van der Waals surface area (Å²) >= 11 is 0. The Bertz CT molecular complexity index is 514. The van der Waals surface area contributed by atoms with Crippen LogP contribution in [0.4, 0.5) is 0 Å². The van der Waals surface area contributed by atoms with E-state index in [0.29, 0.717) is 5.92 Å². The highest BCUT2D eigenvalue weighted by molar-refractivity contribution is 5.44. The number of hydrogen-bond acceptors (Lipinski definition) is 0. The quantitative estimate of drug-likeness (QED) is 0.494. The van der Waals surface area contributed by atoms with Gasteiger partial charge in [-0.3, -0.25) is 0 Å². The van der Waals surface area contributed by atoms with Crippen LogP contribution in [0.3, 0.4) is 0 Å². The standard InChI is InChI=1S/C22H32/c1-5-7-17(3)8-13-21-16-22(14-9-18(21)4)20(6-2)15-12-19-10-11-19/h7,14,16,18-20H,5-6,9-12,15H2,1-4H3. The first-order valence-electron chi connectivity index (χ1n) is 9.24. The topological polar surface area (TPSA) is 0 Å². The maximum absolute atomic E-state index is 3.44. The lowest BCUT2D eigenvalue weighted by atomic mass is 9.82. The highest BCUT2D eigenvalue weighted by Crippen LogP contribution is 2.38. The van der Waals surface area contributed by atoms with Crippen molar-refractivity contribution in [1.29, 1.82) is 0 Å². The van der Waals surface area contributed by atoms with E-state index in [4.69, 9.17) is 0 Å². The molecular weight excluding hydrogens is 264 g/mol. The van der Waals surface area contributed by atoms with Crippen molar-refractivity contribution in [1.82, 2.24) is 0 Å². The average Bonchev–Trinajstić information content (AvgIpc) is 3.32. The Balaban J connectivity index is 2.06. The van der Waals surface area contributed by atoms with E-state index in [0.717, 1.165) is 24.7 Å². The van der Waals surface area contributed by atoms with Crippen LogP contribution in [0.5, 0.6) is 0 Å². The third-order valence-electron chi connectivity index (χ3n) is 5.06. The molecule has 1 saturated carbocycles. The average molecular weight is 296 g/mol. The summed E-state index contributed by atoms with van der Waals surface area (Å²) in [5, 5.41) is 0. The van der Waals surface area contributed by atoms with E-state index in [9.17, 15) is 0 Å². The molecule has 0 aromatic rings. The van der Waals surface area contributed by atoms with Crippen LogP contribution in [0.1, 0.15) is 72.6 Å². The monoisotopic (exact) mass is 296 g/mol. The second-order valence-corrected chi connectivity index (χ2v) is 7.11. The molecule has 0 aromatic heterocycles. The summed E-state index contributed by atoms with van der Waals surface area (Å²) in [5.74, 6) is 9.15. The molecule has 0 amide bonds. The predicted octanol–water partition coefficient (Wildman–Crippen LogP) is 6.46. The van der Waals surface area contributed by atoms with Crippen LogP contribution in [0.15, 0.2) is 34.9 Å². The van der Waals surface area contributed by atoms with Crippen LogP contribution >= 0.6 is 0 Å². The molecule has 0 aromatic carbocycles. The minimum Gasteiger partial charge on any atom is -0.0804 e. The highest BCUT2D eigenvalue weighted by atomic mass is 14.3. The van der Waals surface area contributed by atoms with Gasteiger partial charge in [0.05, 0.1) is 0 Å². The van der Waals surface area contributed by atoms with Crippen molar-refractivity contribution < 1.29 is 0 Å². The van der Waals surface area contributed by atoms with Crippen LogP contribution in [0.2, 0.25) is 0 Å². The van der Waals surface area contributed by atoms with Gasteiger partial charge >= 0.3 is 0 Å². The number of rotatable bonds is 6. The van der Waals surface area contributed by atoms with Gasteiger partial charge in [0.2, 0.25) is 0 Å². The first-order chi connectivity index (χ1) is 10.6. The lowest BCUT2D eigenvalue weighted by Gasteiger charge is -2.23. The first kappa shape index (κ1) is 17.1. The second-order valence-electron chi connectivity index (χ2n) is 7.11. The lowest BCUT2D eigenvalue weighted by molar-refractivity contribution is 0.499. The van der Waals surface area contributed by atoms with Crippen LogP contribution < -0.4 is 0 Å². The molecule has 2 aliphatic carbocycles. The summed E-state index contributed by atoms with van der Waals surface area (Å²) in [6.07, 6.45) is 16.3. The van der Waals surface area contributed by atoms with Gasteiger partial charge in [-0.2, -0.15) is 0 Å². The molecule has 2 atom stereocenters. The van der Waals surface area contributed by atoms with E-state index in [1.54, 1.807) is 5.57 Å². The zero-order valence-corrected chi connectivity index (χ0v) is 14.9. The summed E-state index contributed by atoms with van der Waals surface area (Å²) in [5.41, 5.74) is 4.10. The van der Waals surface area contributed by atoms with Gasteiger partial charge < -0.3 is 0 Å². The highest BCUT2D eigenvalue weighted by Gasteiger charge is 2.24. The molecular formula is C22H32. The minimum absolute atomic E-state index is 0.576. The zero-order chi connectivity index (χ0) is 15.9. The van der Waals surface area contributed by atoms with Crippen molar-refractivity contribution in [3.63, 3.8) is 0 Å². The van der Waals surface area contributed by atoms with E-state index < -0.39 is 0 Å². The van der Waals surface area contributed by atoms with Gasteiger partial charge in [-0.15, -0.1) is 0 Å². The molecule has 0 N–H and O–H groups in total. The van der Waals surface area contributed by atoms with Gasteiger partial charge in [-0.05, 0) is 74.0 Å². The van der Waals surface area contributed by atoms with Gasteiger partial charge in [-0.25, -0.2) is 0 Å². The lowest BCUT2D eigenvalue weighted by Crippen LogP contribution is -2.09. The zero-order valence-electron chi connectivity index (χ0n) is 14.9. The third-order valence-corrected chi connectivity index (χ3v) is 5.06. The fourth-order valence-electron chi connectivity index (χ4n) is 3.24. The van der Waals surface area contributed by atoms with Crippen LogP contribution in [-0.4, -0.2) is 0 Å². The van der Waals surface area contributed by atoms with Gasteiger partial charge in [0.25, 0.3) is 0 Å². The fourth-order valence-corrected chi connectivity index (χ4v) is 3.24. The molecule has 2 rings (SSSR count). The van der Waals surface area contributed by atoms with Crippen molar-refractivity contribution >= 4 is 0 Å². The molecule has 0 radical (unpaired) electrons. The molecule has 0 aliphatic heterocycles. The van der Waals surface area contributed by atoms with Gasteiger partial charge in [-0.1, -0.05) is 57.6 Å². The Morgan fingerprint density at radius 3 is 2.77 bits per heavy atom. The van der Waals surface area contributed by atoms with Gasteiger partial charge in [0, 0.05) is 5.57 Å². The Hall–Kier alpha value is -1.22. The summed E-state index contributed by atoms with van der Waals surface area (Å²) < 4.78 is 0. The number of hydrogen-bond donors (Lipinski definition) is 0.